The molecule has 0 unspecified atom stereocenters. The van der Waals surface area contributed by atoms with E-state index in [-0.39, 0.29) is 35.5 Å². The predicted octanol–water partition coefficient (Wildman–Crippen LogP) is 2.96. The Morgan fingerprint density at radius 2 is 1.68 bits per heavy atom. The summed E-state index contributed by atoms with van der Waals surface area (Å²) in [5, 5.41) is 0. The van der Waals surface area contributed by atoms with Gasteiger partial charge in [-0.05, 0) is 56.7 Å². The number of nitrogens with zero attached hydrogens (tertiary/aromatic N) is 1. The molecule has 2 bridgehead atoms. The van der Waals surface area contributed by atoms with Crippen molar-refractivity contribution in [2.75, 3.05) is 12.0 Å². The number of allylic oxidation sites excluding steroid dienone is 2. The van der Waals surface area contributed by atoms with Gasteiger partial charge in [0.1, 0.15) is 0 Å². The molecule has 4 atom stereocenters. The number of rotatable bonds is 2. The molecule has 1 aromatic rings. The van der Waals surface area contributed by atoms with Crippen molar-refractivity contribution in [1.82, 2.24) is 0 Å². The predicted molar refractivity (Wildman–Crippen MR) is 91.8 cm³/mol. The van der Waals surface area contributed by atoms with Crippen molar-refractivity contribution >= 4 is 23.5 Å². The highest BCUT2D eigenvalue weighted by Gasteiger charge is 2.63. The maximum Gasteiger partial charge on any atom is 0.337 e. The zero-order valence-electron chi connectivity index (χ0n) is 14.6. The number of methoxy groups -OCH3 is 1. The third kappa shape index (κ3) is 2.11. The van der Waals surface area contributed by atoms with Crippen LogP contribution in [0.25, 0.3) is 0 Å². The molecule has 2 saturated carbocycles. The molecule has 25 heavy (non-hydrogen) atoms. The van der Waals surface area contributed by atoms with Crippen LogP contribution < -0.4 is 4.90 Å². The Morgan fingerprint density at radius 1 is 1.08 bits per heavy atom. The first kappa shape index (κ1) is 16.1. The Kier molecular flexibility index (Phi) is 3.56. The summed E-state index contributed by atoms with van der Waals surface area (Å²) in [5.74, 6) is -0.801. The molecule has 0 aromatic heterocycles. The first-order chi connectivity index (χ1) is 12.0. The molecule has 1 aromatic carbocycles. The van der Waals surface area contributed by atoms with Crippen LogP contribution in [-0.2, 0) is 14.3 Å². The van der Waals surface area contributed by atoms with Crippen LogP contribution in [0, 0.1) is 23.7 Å². The number of imide groups is 1. The molecular formula is C20H21NO4. The zero-order chi connectivity index (χ0) is 17.9. The van der Waals surface area contributed by atoms with Gasteiger partial charge in [0, 0.05) is 0 Å². The van der Waals surface area contributed by atoms with E-state index < -0.39 is 5.97 Å². The fourth-order valence-corrected chi connectivity index (χ4v) is 5.14. The van der Waals surface area contributed by atoms with E-state index in [9.17, 15) is 14.4 Å². The average Bonchev–Trinajstić information content (AvgIpc) is 3.24. The standard InChI is InChI=1S/C20H21NO4/c1-10(2)15-13-7-8-14(15)17-16(13)18(22)21(19(17)23)12-6-4-5-11(9-12)20(24)25-3/h4-6,9,13-14,16-17H,7-8H2,1-3H3/t13-,14-,16-,17-/m1/s1. The van der Waals surface area contributed by atoms with Gasteiger partial charge >= 0.3 is 5.97 Å². The number of fused-ring (bicyclic) bond motifs is 5. The Bertz CT molecular complexity index is 789. The molecule has 0 N–H and O–H groups in total. The van der Waals surface area contributed by atoms with E-state index in [0.29, 0.717) is 11.3 Å². The molecule has 130 valence electrons. The third-order valence-corrected chi connectivity index (χ3v) is 5.96. The lowest BCUT2D eigenvalue weighted by atomic mass is 9.81. The summed E-state index contributed by atoms with van der Waals surface area (Å²) in [6.45, 7) is 4.16. The quantitative estimate of drug-likeness (QED) is 0.472. The molecule has 0 spiro atoms. The SMILES string of the molecule is COC(=O)c1cccc(N2C(=O)[C@H]3[C@H](C2=O)[C@@H]2CC[C@@H]3C2=C(C)C)c1. The molecular weight excluding hydrogens is 318 g/mol. The maximum atomic E-state index is 13.1. The normalized spacial score (nSPS) is 30.0. The minimum absolute atomic E-state index is 0.122. The highest BCUT2D eigenvalue weighted by atomic mass is 16.5. The first-order valence-corrected chi connectivity index (χ1v) is 8.69. The minimum Gasteiger partial charge on any atom is -0.465 e. The fraction of sp³-hybridized carbons (Fsp3) is 0.450. The summed E-state index contributed by atoms with van der Waals surface area (Å²) in [6.07, 6.45) is 1.98. The fourth-order valence-electron chi connectivity index (χ4n) is 5.14. The van der Waals surface area contributed by atoms with Gasteiger partial charge in [0.15, 0.2) is 0 Å². The number of anilines is 1. The summed E-state index contributed by atoms with van der Waals surface area (Å²) in [6, 6.07) is 6.55. The van der Waals surface area contributed by atoms with E-state index in [0.717, 1.165) is 12.8 Å². The van der Waals surface area contributed by atoms with Crippen molar-refractivity contribution in [1.29, 1.82) is 0 Å². The molecule has 4 rings (SSSR count). The van der Waals surface area contributed by atoms with Gasteiger partial charge in [0.05, 0.1) is 30.2 Å². The van der Waals surface area contributed by atoms with E-state index in [1.54, 1.807) is 24.3 Å². The van der Waals surface area contributed by atoms with Crippen molar-refractivity contribution in [2.45, 2.75) is 26.7 Å². The zero-order valence-corrected chi connectivity index (χ0v) is 14.6. The van der Waals surface area contributed by atoms with Gasteiger partial charge in [-0.3, -0.25) is 9.59 Å². The summed E-state index contributed by atoms with van der Waals surface area (Å²) >= 11 is 0. The van der Waals surface area contributed by atoms with Crippen LogP contribution in [0.2, 0.25) is 0 Å². The molecule has 3 aliphatic rings. The summed E-state index contributed by atoms with van der Waals surface area (Å²) in [4.78, 5) is 39.2. The van der Waals surface area contributed by atoms with E-state index in [2.05, 4.69) is 13.8 Å². The number of hydrogen-bond donors (Lipinski definition) is 0. The van der Waals surface area contributed by atoms with Gasteiger partial charge in [-0.25, -0.2) is 9.69 Å². The van der Waals surface area contributed by atoms with Crippen molar-refractivity contribution < 1.29 is 19.1 Å². The van der Waals surface area contributed by atoms with Gasteiger partial charge in [0.25, 0.3) is 0 Å². The van der Waals surface area contributed by atoms with Crippen molar-refractivity contribution in [3.63, 3.8) is 0 Å². The van der Waals surface area contributed by atoms with Crippen LogP contribution >= 0.6 is 0 Å². The number of ether oxygens (including phenoxy) is 1. The molecule has 2 aliphatic carbocycles. The van der Waals surface area contributed by atoms with Crippen LogP contribution in [-0.4, -0.2) is 24.9 Å². The molecule has 5 nitrogen and oxygen atoms in total. The Balaban J connectivity index is 1.72. The van der Waals surface area contributed by atoms with Crippen LogP contribution in [0.4, 0.5) is 5.69 Å². The Morgan fingerprint density at radius 3 is 2.20 bits per heavy atom. The third-order valence-electron chi connectivity index (χ3n) is 5.96. The van der Waals surface area contributed by atoms with Crippen molar-refractivity contribution in [3.8, 4) is 0 Å². The lowest BCUT2D eigenvalue weighted by molar-refractivity contribution is -0.123. The minimum atomic E-state index is -0.479. The lowest BCUT2D eigenvalue weighted by Gasteiger charge is -2.19. The van der Waals surface area contributed by atoms with E-state index in [1.165, 1.54) is 23.2 Å². The second-order valence-corrected chi connectivity index (χ2v) is 7.35. The van der Waals surface area contributed by atoms with Crippen LogP contribution in [0.3, 0.4) is 0 Å². The van der Waals surface area contributed by atoms with Crippen molar-refractivity contribution in [2.24, 2.45) is 23.7 Å². The summed E-state index contributed by atoms with van der Waals surface area (Å²) in [7, 11) is 1.31. The number of carbonyl (C=O) groups excluding carboxylic acids is 3. The largest absolute Gasteiger partial charge is 0.465 e. The highest BCUT2D eigenvalue weighted by molar-refractivity contribution is 6.23. The molecule has 1 aliphatic heterocycles. The smallest absolute Gasteiger partial charge is 0.337 e. The van der Waals surface area contributed by atoms with E-state index in [4.69, 9.17) is 4.74 Å². The Hall–Kier alpha value is -2.43. The molecule has 1 heterocycles. The topological polar surface area (TPSA) is 63.7 Å². The maximum absolute atomic E-state index is 13.1. The molecule has 5 heteroatoms. The van der Waals surface area contributed by atoms with Gasteiger partial charge in [-0.1, -0.05) is 17.2 Å². The molecule has 3 fully saturated rings. The number of esters is 1. The molecule has 1 saturated heterocycles. The van der Waals surface area contributed by atoms with Crippen LogP contribution in [0.5, 0.6) is 0 Å². The van der Waals surface area contributed by atoms with Gasteiger partial charge in [-0.15, -0.1) is 0 Å². The summed E-state index contributed by atoms with van der Waals surface area (Å²) in [5.41, 5.74) is 3.39. The molecule has 2 amide bonds. The number of hydrogen-bond acceptors (Lipinski definition) is 4. The number of benzene rings is 1. The van der Waals surface area contributed by atoms with Gasteiger partial charge in [-0.2, -0.15) is 0 Å². The number of amides is 2. The van der Waals surface area contributed by atoms with Gasteiger partial charge in [0.2, 0.25) is 11.8 Å². The first-order valence-electron chi connectivity index (χ1n) is 8.69. The number of carbonyl (C=O) groups is 3. The molecule has 0 radical (unpaired) electrons. The highest BCUT2D eigenvalue weighted by Crippen LogP contribution is 2.60. The lowest BCUT2D eigenvalue weighted by Crippen LogP contribution is -2.33. The van der Waals surface area contributed by atoms with Crippen LogP contribution in [0.15, 0.2) is 35.4 Å². The second kappa shape index (κ2) is 5.55. The monoisotopic (exact) mass is 339 g/mol. The summed E-state index contributed by atoms with van der Waals surface area (Å²) < 4.78 is 4.73. The average molecular weight is 339 g/mol. The van der Waals surface area contributed by atoms with E-state index in [1.807, 2.05) is 0 Å². The van der Waals surface area contributed by atoms with E-state index >= 15 is 0 Å². The van der Waals surface area contributed by atoms with Crippen molar-refractivity contribution in [3.05, 3.63) is 41.0 Å². The second-order valence-electron chi connectivity index (χ2n) is 7.35. The Labute approximate surface area is 146 Å². The van der Waals surface area contributed by atoms with Gasteiger partial charge < -0.3 is 4.74 Å². The van der Waals surface area contributed by atoms with Crippen LogP contribution in [0.1, 0.15) is 37.0 Å².